The number of nitrogens with zero attached hydrogens (tertiary/aromatic N) is 4. The number of anilines is 3. The Morgan fingerprint density at radius 1 is 1.00 bits per heavy atom. The van der Waals surface area contributed by atoms with Crippen molar-refractivity contribution in [1.29, 1.82) is 0 Å². The molecule has 0 spiro atoms. The molecular formula is C20H16F3N7O2. The number of alkyl halides is 3. The lowest BCUT2D eigenvalue weighted by atomic mass is 10.2. The summed E-state index contributed by atoms with van der Waals surface area (Å²) >= 11 is 0. The smallest absolute Gasteiger partial charge is 0.416 e. The molecule has 0 unspecified atom stereocenters. The molecule has 0 fully saturated rings. The number of nitrogen functional groups attached to an aromatic ring is 1. The molecule has 0 atom stereocenters. The van der Waals surface area contributed by atoms with Gasteiger partial charge in [-0.25, -0.2) is 0 Å². The number of nitrogens with one attached hydrogen (secondary N) is 2. The number of halogens is 3. The zero-order valence-electron chi connectivity index (χ0n) is 16.5. The lowest BCUT2D eigenvalue weighted by Crippen LogP contribution is -2.05. The first-order valence-corrected chi connectivity index (χ1v) is 9.14. The molecule has 0 bridgehead atoms. The second-order valence-corrected chi connectivity index (χ2v) is 6.47. The van der Waals surface area contributed by atoms with Crippen LogP contribution >= 0.6 is 0 Å². The van der Waals surface area contributed by atoms with E-state index in [0.717, 1.165) is 12.1 Å². The highest BCUT2D eigenvalue weighted by atomic mass is 19.4. The molecule has 0 amide bonds. The van der Waals surface area contributed by atoms with E-state index in [9.17, 15) is 13.2 Å². The Kier molecular flexibility index (Phi) is 5.50. The Morgan fingerprint density at radius 2 is 1.81 bits per heavy atom. The maximum absolute atomic E-state index is 12.9. The number of aromatic amines is 1. The first-order valence-electron chi connectivity index (χ1n) is 9.14. The highest BCUT2D eigenvalue weighted by Gasteiger charge is 2.30. The van der Waals surface area contributed by atoms with Gasteiger partial charge in [0.1, 0.15) is 11.6 Å². The summed E-state index contributed by atoms with van der Waals surface area (Å²) in [6.45, 7) is 0. The van der Waals surface area contributed by atoms with Crippen LogP contribution < -0.4 is 20.5 Å². The Bertz CT molecular complexity index is 1240. The van der Waals surface area contributed by atoms with E-state index in [1.807, 2.05) is 0 Å². The van der Waals surface area contributed by atoms with Crippen LogP contribution in [-0.4, -0.2) is 32.3 Å². The minimum absolute atomic E-state index is 0.0664. The third kappa shape index (κ3) is 4.86. The Labute approximate surface area is 179 Å². The SMILES string of the molecule is COc1nc(N)cc(Oc2cccc(-c3nnc(Nc4cccc(C(F)(F)F)c4)[nH]3)c2)n1. The molecule has 32 heavy (non-hydrogen) atoms. The number of nitrogens with two attached hydrogens (primary N) is 1. The van der Waals surface area contributed by atoms with Crippen molar-refractivity contribution < 1.29 is 22.6 Å². The van der Waals surface area contributed by atoms with Crippen molar-refractivity contribution in [2.75, 3.05) is 18.2 Å². The van der Waals surface area contributed by atoms with Gasteiger partial charge in [-0.15, -0.1) is 10.2 Å². The quantitative estimate of drug-likeness (QED) is 0.400. The molecule has 0 aliphatic heterocycles. The number of ether oxygens (including phenoxy) is 2. The minimum atomic E-state index is -4.44. The lowest BCUT2D eigenvalue weighted by Gasteiger charge is -2.09. The van der Waals surface area contributed by atoms with Crippen molar-refractivity contribution in [2.24, 2.45) is 0 Å². The van der Waals surface area contributed by atoms with Gasteiger partial charge in [-0.1, -0.05) is 18.2 Å². The standard InChI is InChI=1S/C20H16F3N7O2/c1-31-19-26-15(24)10-16(27-19)32-14-7-2-4-11(8-14)17-28-18(30-29-17)25-13-6-3-5-12(9-13)20(21,22)23/h2-10H,1H3,(H2,24,26,27)(H2,25,28,29,30). The second-order valence-electron chi connectivity index (χ2n) is 6.47. The van der Waals surface area contributed by atoms with Crippen molar-refractivity contribution in [3.05, 3.63) is 60.2 Å². The second kappa shape index (κ2) is 8.41. The first kappa shape index (κ1) is 20.9. The Balaban J connectivity index is 1.52. The molecule has 4 N–H and O–H groups in total. The van der Waals surface area contributed by atoms with Gasteiger partial charge in [-0.3, -0.25) is 0 Å². The van der Waals surface area contributed by atoms with Crippen LogP contribution in [0.15, 0.2) is 54.6 Å². The van der Waals surface area contributed by atoms with E-state index in [0.29, 0.717) is 17.1 Å². The van der Waals surface area contributed by atoms with E-state index in [1.54, 1.807) is 24.3 Å². The average Bonchev–Trinajstić information content (AvgIpc) is 3.21. The van der Waals surface area contributed by atoms with Crippen LogP contribution in [0.3, 0.4) is 0 Å². The van der Waals surface area contributed by atoms with Crippen LogP contribution in [0.4, 0.5) is 30.6 Å². The predicted octanol–water partition coefficient (Wildman–Crippen LogP) is 4.41. The molecule has 2 aromatic heterocycles. The third-order valence-corrected chi connectivity index (χ3v) is 4.15. The van der Waals surface area contributed by atoms with Crippen molar-refractivity contribution in [3.8, 4) is 29.0 Å². The van der Waals surface area contributed by atoms with Crippen molar-refractivity contribution in [2.45, 2.75) is 6.18 Å². The molecule has 4 rings (SSSR count). The van der Waals surface area contributed by atoms with E-state index < -0.39 is 11.7 Å². The molecule has 4 aromatic rings. The largest absolute Gasteiger partial charge is 0.467 e. The Hall–Kier alpha value is -4.35. The topological polar surface area (TPSA) is 124 Å². The molecule has 0 aliphatic rings. The summed E-state index contributed by atoms with van der Waals surface area (Å²) in [7, 11) is 1.41. The van der Waals surface area contributed by atoms with E-state index in [2.05, 4.69) is 30.5 Å². The summed E-state index contributed by atoms with van der Waals surface area (Å²) in [6, 6.07) is 13.2. The van der Waals surface area contributed by atoms with E-state index >= 15 is 0 Å². The zero-order valence-corrected chi connectivity index (χ0v) is 16.5. The average molecular weight is 443 g/mol. The lowest BCUT2D eigenvalue weighted by molar-refractivity contribution is -0.137. The van der Waals surface area contributed by atoms with Crippen molar-refractivity contribution >= 4 is 17.5 Å². The molecule has 2 aromatic carbocycles. The first-order chi connectivity index (χ1) is 15.3. The van der Waals surface area contributed by atoms with Gasteiger partial charge >= 0.3 is 12.2 Å². The van der Waals surface area contributed by atoms with Gasteiger partial charge in [0, 0.05) is 17.3 Å². The highest BCUT2D eigenvalue weighted by molar-refractivity contribution is 5.61. The predicted molar refractivity (Wildman–Crippen MR) is 110 cm³/mol. The fraction of sp³-hybridized carbons (Fsp3) is 0.100. The van der Waals surface area contributed by atoms with Gasteiger partial charge in [0.15, 0.2) is 5.82 Å². The van der Waals surface area contributed by atoms with Gasteiger partial charge in [0.05, 0.1) is 12.7 Å². The summed E-state index contributed by atoms with van der Waals surface area (Å²) in [6.07, 6.45) is -4.44. The molecular weight excluding hydrogens is 427 g/mol. The number of hydrogen-bond donors (Lipinski definition) is 3. The van der Waals surface area contributed by atoms with Crippen LogP contribution in [0.2, 0.25) is 0 Å². The molecule has 9 nitrogen and oxygen atoms in total. The number of hydrogen-bond acceptors (Lipinski definition) is 8. The van der Waals surface area contributed by atoms with Crippen LogP contribution in [0, 0.1) is 0 Å². The van der Waals surface area contributed by atoms with Gasteiger partial charge in [0.2, 0.25) is 11.8 Å². The number of benzene rings is 2. The van der Waals surface area contributed by atoms with Gasteiger partial charge < -0.3 is 25.5 Å². The van der Waals surface area contributed by atoms with Gasteiger partial charge in [0.25, 0.3) is 0 Å². The Morgan fingerprint density at radius 3 is 2.59 bits per heavy atom. The molecule has 0 radical (unpaired) electrons. The summed E-state index contributed by atoms with van der Waals surface area (Å²) in [4.78, 5) is 10.9. The number of rotatable bonds is 6. The maximum atomic E-state index is 12.9. The van der Waals surface area contributed by atoms with Gasteiger partial charge in [-0.05, 0) is 30.3 Å². The summed E-state index contributed by atoms with van der Waals surface area (Å²) in [5, 5.41) is 10.7. The fourth-order valence-electron chi connectivity index (χ4n) is 2.75. The van der Waals surface area contributed by atoms with E-state index in [-0.39, 0.29) is 29.3 Å². The third-order valence-electron chi connectivity index (χ3n) is 4.15. The van der Waals surface area contributed by atoms with Crippen LogP contribution in [-0.2, 0) is 6.18 Å². The van der Waals surface area contributed by atoms with Crippen LogP contribution in [0.25, 0.3) is 11.4 Å². The zero-order chi connectivity index (χ0) is 22.7. The molecule has 2 heterocycles. The molecule has 0 saturated carbocycles. The summed E-state index contributed by atoms with van der Waals surface area (Å²) in [5.74, 6) is 1.37. The van der Waals surface area contributed by atoms with Crippen molar-refractivity contribution in [1.82, 2.24) is 25.1 Å². The summed E-state index contributed by atoms with van der Waals surface area (Å²) < 4.78 is 49.4. The fourth-order valence-corrected chi connectivity index (χ4v) is 2.75. The van der Waals surface area contributed by atoms with Gasteiger partial charge in [-0.2, -0.15) is 23.1 Å². The van der Waals surface area contributed by atoms with Crippen molar-refractivity contribution in [3.63, 3.8) is 0 Å². The number of aromatic nitrogens is 5. The minimum Gasteiger partial charge on any atom is -0.467 e. The molecule has 12 heteroatoms. The van der Waals surface area contributed by atoms with Crippen LogP contribution in [0.1, 0.15) is 5.56 Å². The summed E-state index contributed by atoms with van der Waals surface area (Å²) in [5.41, 5.74) is 5.78. The molecule has 0 saturated heterocycles. The maximum Gasteiger partial charge on any atom is 0.416 e. The number of methoxy groups -OCH3 is 1. The van der Waals surface area contributed by atoms with E-state index in [4.69, 9.17) is 15.2 Å². The highest BCUT2D eigenvalue weighted by Crippen LogP contribution is 2.31. The molecule has 0 aliphatic carbocycles. The monoisotopic (exact) mass is 443 g/mol. The van der Waals surface area contributed by atoms with Crippen LogP contribution in [0.5, 0.6) is 17.6 Å². The normalized spacial score (nSPS) is 11.2. The van der Waals surface area contributed by atoms with E-state index in [1.165, 1.54) is 25.3 Å². The molecule has 164 valence electrons. The number of H-pyrrole nitrogens is 1.